The fraction of sp³-hybridized carbons (Fsp3) is 0.891. The number of phosphoric ester groups is 2. The van der Waals surface area contributed by atoms with Crippen LogP contribution >= 0.6 is 15.6 Å². The Hall–Kier alpha value is -1.48. The average molecular weight is 1070 g/mol. The minimum Gasteiger partial charge on any atom is -0.463 e. The smallest absolute Gasteiger partial charge is 0.463 e. The van der Waals surface area contributed by atoms with Gasteiger partial charge in [0, 0.05) is 12.8 Å². The lowest BCUT2D eigenvalue weighted by Gasteiger charge is -2.19. The molecule has 0 amide bonds. The average Bonchev–Trinajstić information content (AvgIpc) is 3.36. The summed E-state index contributed by atoms with van der Waals surface area (Å²) in [5, 5.41) is 30.1. The van der Waals surface area contributed by atoms with Gasteiger partial charge in [-0.05, 0) is 44.9 Å². The first-order valence-electron chi connectivity index (χ1n) is 28.7. The van der Waals surface area contributed by atoms with Crippen LogP contribution in [0.1, 0.15) is 258 Å². The van der Waals surface area contributed by atoms with Crippen LogP contribution < -0.4 is 0 Å². The van der Waals surface area contributed by atoms with Gasteiger partial charge in [-0.2, -0.15) is 0 Å². The van der Waals surface area contributed by atoms with E-state index in [1.54, 1.807) is 0 Å². The number of hydrogen-bond acceptors (Lipinski definition) is 13. The van der Waals surface area contributed by atoms with Crippen molar-refractivity contribution in [2.24, 2.45) is 0 Å². The second-order valence-corrected chi connectivity index (χ2v) is 22.6. The molecule has 0 bridgehead atoms. The van der Waals surface area contributed by atoms with Crippen molar-refractivity contribution in [1.82, 2.24) is 0 Å². The molecule has 0 aromatic heterocycles. The third kappa shape index (κ3) is 53.3. The molecule has 72 heavy (non-hydrogen) atoms. The number of aliphatic hydroxyl groups is 3. The summed E-state index contributed by atoms with van der Waals surface area (Å²) in [4.78, 5) is 44.0. The third-order valence-electron chi connectivity index (χ3n) is 12.4. The molecule has 5 N–H and O–H groups in total. The standard InChI is InChI=1S/C55H106O15P2/c1-3-5-7-9-11-13-15-17-19-21-23-24-26-28-30-32-34-36-38-40-42-44-55(60)66-46-52(57)48-68-72(63,64)70-50-53(58)49-69-71(61,62)67-47-51(56)45-65-54(59)43-41-39-37-35-33-31-29-27-25-22-20-18-16-14-12-10-8-6-4-2/h12,14,18,20,51-53,56-58H,3-11,13,15-17,19,21-50H2,1-2H3,(H,61,62)(H,63,64)/b14-12-,20-18-. The van der Waals surface area contributed by atoms with Gasteiger partial charge in [0.05, 0.1) is 26.4 Å². The number of carbonyl (C=O) groups is 2. The SMILES string of the molecule is CCCCC/C=C\C/C=C\CCCCCCCCCCCC(=O)OCC(O)COP(=O)(O)OCC(O)COP(=O)(O)OCC(O)COC(=O)CCCCCCCCCCCCCCCCCCCCCCC. The molecule has 0 saturated carbocycles. The number of aliphatic hydroxyl groups excluding tert-OH is 3. The highest BCUT2D eigenvalue weighted by Gasteiger charge is 2.28. The van der Waals surface area contributed by atoms with Crippen molar-refractivity contribution in [3.8, 4) is 0 Å². The van der Waals surface area contributed by atoms with Crippen molar-refractivity contribution < 1.29 is 71.4 Å². The highest BCUT2D eigenvalue weighted by molar-refractivity contribution is 7.47. The molecule has 0 aliphatic heterocycles. The summed E-state index contributed by atoms with van der Waals surface area (Å²) in [5.74, 6) is -0.988. The maximum Gasteiger partial charge on any atom is 0.472 e. The number of unbranched alkanes of at least 4 members (excludes halogenated alkanes) is 32. The topological polar surface area (TPSA) is 225 Å². The molecule has 0 aliphatic rings. The minimum atomic E-state index is -4.79. The lowest BCUT2D eigenvalue weighted by Crippen LogP contribution is -2.25. The van der Waals surface area contributed by atoms with Gasteiger partial charge in [0.15, 0.2) is 0 Å². The first kappa shape index (κ1) is 70.5. The fourth-order valence-electron chi connectivity index (χ4n) is 7.95. The Bertz CT molecular complexity index is 1380. The van der Waals surface area contributed by atoms with Gasteiger partial charge in [-0.3, -0.25) is 27.7 Å². The first-order valence-corrected chi connectivity index (χ1v) is 31.7. The number of esters is 2. The van der Waals surface area contributed by atoms with E-state index in [1.807, 2.05) is 0 Å². The van der Waals surface area contributed by atoms with E-state index < -0.39 is 85.5 Å². The van der Waals surface area contributed by atoms with Crippen molar-refractivity contribution in [2.45, 2.75) is 276 Å². The summed E-state index contributed by atoms with van der Waals surface area (Å²) < 4.78 is 53.2. The molecule has 0 spiro atoms. The predicted molar refractivity (Wildman–Crippen MR) is 288 cm³/mol. The van der Waals surface area contributed by atoms with Gasteiger partial charge in [0.25, 0.3) is 0 Å². The molecular formula is C55H106O15P2. The highest BCUT2D eigenvalue weighted by atomic mass is 31.2. The zero-order chi connectivity index (χ0) is 53.1. The quantitative estimate of drug-likeness (QED) is 0.0165. The van der Waals surface area contributed by atoms with Crippen molar-refractivity contribution >= 4 is 27.6 Å². The van der Waals surface area contributed by atoms with Crippen LogP contribution in [0.4, 0.5) is 0 Å². The molecule has 5 unspecified atom stereocenters. The van der Waals surface area contributed by atoms with Crippen molar-refractivity contribution in [1.29, 1.82) is 0 Å². The van der Waals surface area contributed by atoms with E-state index in [0.717, 1.165) is 51.4 Å². The minimum absolute atomic E-state index is 0.193. The zero-order valence-electron chi connectivity index (χ0n) is 45.4. The Labute approximate surface area is 437 Å². The molecule has 426 valence electrons. The second-order valence-electron chi connectivity index (χ2n) is 19.7. The van der Waals surface area contributed by atoms with Crippen LogP contribution in [-0.4, -0.2) is 95.0 Å². The molecule has 15 nitrogen and oxygen atoms in total. The number of ether oxygens (including phenoxy) is 2. The second kappa shape index (κ2) is 51.6. The van der Waals surface area contributed by atoms with E-state index in [1.165, 1.54) is 167 Å². The summed E-state index contributed by atoms with van der Waals surface area (Å²) in [6.07, 6.45) is 48.7. The monoisotopic (exact) mass is 1070 g/mol. The van der Waals surface area contributed by atoms with E-state index in [-0.39, 0.29) is 12.8 Å². The summed E-state index contributed by atoms with van der Waals surface area (Å²) >= 11 is 0. The van der Waals surface area contributed by atoms with Gasteiger partial charge < -0.3 is 34.6 Å². The van der Waals surface area contributed by atoms with Crippen LogP contribution in [0.5, 0.6) is 0 Å². The maximum atomic E-state index is 12.2. The largest absolute Gasteiger partial charge is 0.472 e. The lowest BCUT2D eigenvalue weighted by molar-refractivity contribution is -0.148. The summed E-state index contributed by atoms with van der Waals surface area (Å²) in [5.41, 5.74) is 0. The van der Waals surface area contributed by atoms with Crippen LogP contribution in [0.15, 0.2) is 24.3 Å². The van der Waals surface area contributed by atoms with Gasteiger partial charge in [0.2, 0.25) is 0 Å². The Morgan fingerprint density at radius 1 is 0.361 bits per heavy atom. The Morgan fingerprint density at radius 2 is 0.597 bits per heavy atom. The number of hydrogen-bond donors (Lipinski definition) is 5. The lowest BCUT2D eigenvalue weighted by atomic mass is 10.0. The van der Waals surface area contributed by atoms with E-state index in [9.17, 15) is 43.8 Å². The molecule has 5 atom stereocenters. The molecule has 0 aromatic carbocycles. The number of carbonyl (C=O) groups excluding carboxylic acids is 2. The molecule has 17 heteroatoms. The van der Waals surface area contributed by atoms with Gasteiger partial charge in [0.1, 0.15) is 31.5 Å². The summed E-state index contributed by atoms with van der Waals surface area (Å²) in [6.45, 7) is 0.460. The number of phosphoric acid groups is 2. The third-order valence-corrected chi connectivity index (χ3v) is 14.3. The van der Waals surface area contributed by atoms with Gasteiger partial charge in [-0.15, -0.1) is 0 Å². The van der Waals surface area contributed by atoms with Crippen LogP contribution in [0, 0.1) is 0 Å². The first-order chi connectivity index (χ1) is 34.8. The van der Waals surface area contributed by atoms with Crippen molar-refractivity contribution in [3.63, 3.8) is 0 Å². The van der Waals surface area contributed by atoms with Crippen LogP contribution in [0.2, 0.25) is 0 Å². The Morgan fingerprint density at radius 3 is 0.903 bits per heavy atom. The Balaban J connectivity index is 3.79. The number of rotatable bonds is 56. The maximum absolute atomic E-state index is 12.2. The Kier molecular flexibility index (Phi) is 50.6. The molecule has 0 rings (SSSR count). The molecule has 0 radical (unpaired) electrons. The van der Waals surface area contributed by atoms with Gasteiger partial charge in [-0.25, -0.2) is 9.13 Å². The normalized spacial score (nSPS) is 14.9. The van der Waals surface area contributed by atoms with Crippen LogP contribution in [-0.2, 0) is 46.3 Å². The van der Waals surface area contributed by atoms with Crippen molar-refractivity contribution in [3.05, 3.63) is 24.3 Å². The predicted octanol–water partition coefficient (Wildman–Crippen LogP) is 14.4. The molecule has 0 aliphatic carbocycles. The highest BCUT2D eigenvalue weighted by Crippen LogP contribution is 2.45. The molecular weight excluding hydrogens is 963 g/mol. The zero-order valence-corrected chi connectivity index (χ0v) is 47.2. The van der Waals surface area contributed by atoms with E-state index in [4.69, 9.17) is 18.5 Å². The fourth-order valence-corrected chi connectivity index (χ4v) is 9.54. The molecule has 0 saturated heterocycles. The van der Waals surface area contributed by atoms with Crippen LogP contribution in [0.3, 0.4) is 0 Å². The van der Waals surface area contributed by atoms with Gasteiger partial charge in [-0.1, -0.05) is 224 Å². The van der Waals surface area contributed by atoms with E-state index in [2.05, 4.69) is 47.2 Å². The number of allylic oxidation sites excluding steroid dienone is 4. The van der Waals surface area contributed by atoms with E-state index >= 15 is 0 Å². The van der Waals surface area contributed by atoms with Crippen LogP contribution in [0.25, 0.3) is 0 Å². The summed E-state index contributed by atoms with van der Waals surface area (Å²) in [6, 6.07) is 0. The molecule has 0 fully saturated rings. The molecule has 0 aromatic rings. The van der Waals surface area contributed by atoms with Gasteiger partial charge >= 0.3 is 27.6 Å². The molecule has 0 heterocycles. The van der Waals surface area contributed by atoms with E-state index in [0.29, 0.717) is 12.8 Å². The summed E-state index contributed by atoms with van der Waals surface area (Å²) in [7, 11) is -9.58. The van der Waals surface area contributed by atoms with Crippen molar-refractivity contribution in [2.75, 3.05) is 39.6 Å².